The smallest absolute Gasteiger partial charge is 0.388 e. The minimum atomic E-state index is -4.42. The van der Waals surface area contributed by atoms with Crippen LogP contribution in [0, 0.1) is 0 Å². The van der Waals surface area contributed by atoms with Gasteiger partial charge in [-0.05, 0) is 60.7 Å². The van der Waals surface area contributed by atoms with Crippen molar-refractivity contribution in [3.63, 3.8) is 0 Å². The number of hydrogen-bond donors (Lipinski definition) is 3. The van der Waals surface area contributed by atoms with Crippen molar-refractivity contribution >= 4 is 11.6 Å². The van der Waals surface area contributed by atoms with Crippen molar-refractivity contribution in [3.05, 3.63) is 69.2 Å². The van der Waals surface area contributed by atoms with Crippen molar-refractivity contribution in [1.29, 1.82) is 0 Å². The molecule has 176 valence electrons. The first-order chi connectivity index (χ1) is 14.9. The number of rotatable bonds is 5. The summed E-state index contributed by atoms with van der Waals surface area (Å²) in [5, 5.41) is 31.6. The minimum absolute atomic E-state index is 0.147. The summed E-state index contributed by atoms with van der Waals surface area (Å²) < 4.78 is 49.8. The molecular weight excluding hydrogens is 449 g/mol. The molecule has 0 saturated carbocycles. The normalized spacial score (nSPS) is 28.7. The van der Waals surface area contributed by atoms with E-state index in [-0.39, 0.29) is 13.0 Å². The predicted molar refractivity (Wildman–Crippen MR) is 112 cm³/mol. The van der Waals surface area contributed by atoms with Crippen molar-refractivity contribution in [1.82, 2.24) is 0 Å². The average Bonchev–Trinajstić information content (AvgIpc) is 2.72. The Morgan fingerprint density at radius 2 is 1.69 bits per heavy atom. The lowest BCUT2D eigenvalue weighted by atomic mass is 9.78. The zero-order chi connectivity index (χ0) is 23.8. The first-order valence-electron chi connectivity index (χ1n) is 10.1. The number of ether oxygens (including phenoxy) is 2. The van der Waals surface area contributed by atoms with Gasteiger partial charge in [-0.15, -0.1) is 0 Å². The van der Waals surface area contributed by atoms with Gasteiger partial charge in [0.1, 0.15) is 23.9 Å². The summed E-state index contributed by atoms with van der Waals surface area (Å²) in [5.74, 6) is 0. The molecule has 0 aromatic heterocycles. The number of benzene rings is 2. The maximum absolute atomic E-state index is 12.8. The van der Waals surface area contributed by atoms with Crippen molar-refractivity contribution in [2.24, 2.45) is 0 Å². The molecule has 1 heterocycles. The lowest BCUT2D eigenvalue weighted by molar-refractivity contribution is -0.263. The van der Waals surface area contributed by atoms with Crippen molar-refractivity contribution in [3.8, 4) is 0 Å². The Hall–Kier alpha value is -1.68. The van der Waals surface area contributed by atoms with Gasteiger partial charge in [0.25, 0.3) is 0 Å². The molecule has 5 atom stereocenters. The van der Waals surface area contributed by atoms with Gasteiger partial charge < -0.3 is 24.8 Å². The Kier molecular flexibility index (Phi) is 7.24. The van der Waals surface area contributed by atoms with Crippen LogP contribution in [0.2, 0.25) is 5.02 Å². The van der Waals surface area contributed by atoms with E-state index in [4.69, 9.17) is 21.1 Å². The summed E-state index contributed by atoms with van der Waals surface area (Å²) >= 11 is 6.46. The van der Waals surface area contributed by atoms with Crippen molar-refractivity contribution < 1.29 is 38.0 Å². The van der Waals surface area contributed by atoms with Crippen molar-refractivity contribution in [2.45, 2.75) is 63.1 Å². The highest BCUT2D eigenvalue weighted by Crippen LogP contribution is 2.41. The summed E-state index contributed by atoms with van der Waals surface area (Å²) in [6.45, 7) is 3.34. The lowest BCUT2D eigenvalue weighted by Crippen LogP contribution is -2.61. The van der Waals surface area contributed by atoms with Crippen LogP contribution in [0.4, 0.5) is 13.2 Å². The highest BCUT2D eigenvalue weighted by atomic mass is 35.5. The molecule has 3 N–H and O–H groups in total. The van der Waals surface area contributed by atoms with Crippen LogP contribution in [0.1, 0.15) is 41.7 Å². The Morgan fingerprint density at radius 1 is 1.06 bits per heavy atom. The quantitative estimate of drug-likeness (QED) is 0.614. The fourth-order valence-corrected chi connectivity index (χ4v) is 4.36. The molecule has 3 rings (SSSR count). The summed E-state index contributed by atoms with van der Waals surface area (Å²) in [4.78, 5) is 0. The molecule has 5 nitrogen and oxygen atoms in total. The van der Waals surface area contributed by atoms with E-state index in [9.17, 15) is 28.5 Å². The van der Waals surface area contributed by atoms with Gasteiger partial charge in [0.05, 0.1) is 18.3 Å². The van der Waals surface area contributed by atoms with Gasteiger partial charge in [0.15, 0.2) is 0 Å². The number of methoxy groups -OCH3 is 1. The summed E-state index contributed by atoms with van der Waals surface area (Å²) in [6.07, 6.45) is -9.08. The Labute approximate surface area is 189 Å². The molecule has 2 aromatic rings. The van der Waals surface area contributed by atoms with Crippen LogP contribution in [-0.2, 0) is 34.3 Å². The second kappa shape index (κ2) is 9.29. The molecule has 0 aliphatic carbocycles. The zero-order valence-corrected chi connectivity index (χ0v) is 18.6. The van der Waals surface area contributed by atoms with Crippen LogP contribution >= 0.6 is 11.6 Å². The van der Waals surface area contributed by atoms with Gasteiger partial charge in [-0.1, -0.05) is 29.8 Å². The van der Waals surface area contributed by atoms with Crippen molar-refractivity contribution in [2.75, 3.05) is 7.11 Å². The van der Waals surface area contributed by atoms with Crippen LogP contribution in [0.25, 0.3) is 0 Å². The monoisotopic (exact) mass is 474 g/mol. The molecule has 32 heavy (non-hydrogen) atoms. The third-order valence-corrected chi connectivity index (χ3v) is 6.28. The fraction of sp³-hybridized carbons (Fsp3) is 0.478. The van der Waals surface area contributed by atoms with E-state index in [1.165, 1.54) is 19.2 Å². The molecule has 0 unspecified atom stereocenters. The molecule has 1 aliphatic heterocycles. The largest absolute Gasteiger partial charge is 0.416 e. The molecule has 0 bridgehead atoms. The standard InChI is InChI=1S/C23H26ClF3O5/c1-12-19(28)20(29)21(30)22(2,32-12)17-9-14(18(24)10-15(17)11-31-3)8-13-4-6-16(7-5-13)23(25,26)27/h4-7,9-10,12,19-21,28-30H,8,11H2,1-3H3/t12-,19-,20+,21-,22+/m1/s1. The van der Waals surface area contributed by atoms with E-state index < -0.39 is 41.8 Å². The molecule has 1 saturated heterocycles. The Bertz CT molecular complexity index is 950. The third-order valence-electron chi connectivity index (χ3n) is 5.93. The van der Waals surface area contributed by atoms with Crippen LogP contribution < -0.4 is 0 Å². The number of hydrogen-bond acceptors (Lipinski definition) is 5. The van der Waals surface area contributed by atoms with Crippen LogP contribution in [-0.4, -0.2) is 46.8 Å². The van der Waals surface area contributed by atoms with Crippen LogP contribution in [0.15, 0.2) is 36.4 Å². The molecule has 1 aliphatic rings. The first kappa shape index (κ1) is 25.0. The summed E-state index contributed by atoms with van der Waals surface area (Å²) in [7, 11) is 1.50. The van der Waals surface area contributed by atoms with Crippen LogP contribution in [0.3, 0.4) is 0 Å². The second-order valence-electron chi connectivity index (χ2n) is 8.26. The maximum atomic E-state index is 12.8. The SMILES string of the molecule is COCc1cc(Cl)c(Cc2ccc(C(F)(F)F)cc2)cc1[C@]1(C)O[C@H](C)[C@@H](O)[C@H](O)[C@H]1O. The highest BCUT2D eigenvalue weighted by Gasteiger charge is 2.51. The fourth-order valence-electron chi connectivity index (χ4n) is 4.10. The predicted octanol–water partition coefficient (Wildman–Crippen LogP) is 3.81. The molecule has 9 heteroatoms. The number of halogens is 4. The molecular formula is C23H26ClF3O5. The Morgan fingerprint density at radius 3 is 2.25 bits per heavy atom. The van der Waals surface area contributed by atoms with Gasteiger partial charge >= 0.3 is 6.18 Å². The topological polar surface area (TPSA) is 79.2 Å². The van der Waals surface area contributed by atoms with E-state index >= 15 is 0 Å². The van der Waals surface area contributed by atoms with E-state index in [1.807, 2.05) is 0 Å². The molecule has 2 aromatic carbocycles. The van der Waals surface area contributed by atoms with E-state index in [0.717, 1.165) is 12.1 Å². The van der Waals surface area contributed by atoms with Gasteiger partial charge in [0, 0.05) is 12.1 Å². The zero-order valence-electron chi connectivity index (χ0n) is 17.9. The minimum Gasteiger partial charge on any atom is -0.388 e. The van der Waals surface area contributed by atoms with Crippen LogP contribution in [0.5, 0.6) is 0 Å². The van der Waals surface area contributed by atoms with E-state index in [1.54, 1.807) is 26.0 Å². The number of aliphatic hydroxyl groups excluding tert-OH is 3. The molecule has 0 radical (unpaired) electrons. The molecule has 0 amide bonds. The number of alkyl halides is 3. The third kappa shape index (κ3) is 4.81. The number of aliphatic hydroxyl groups is 3. The summed E-state index contributed by atoms with van der Waals surface area (Å²) in [5.41, 5.74) is 0.222. The van der Waals surface area contributed by atoms with E-state index in [2.05, 4.69) is 0 Å². The van der Waals surface area contributed by atoms with Gasteiger partial charge in [-0.25, -0.2) is 0 Å². The maximum Gasteiger partial charge on any atom is 0.416 e. The van der Waals surface area contributed by atoms with E-state index in [0.29, 0.717) is 27.3 Å². The van der Waals surface area contributed by atoms with Gasteiger partial charge in [0.2, 0.25) is 0 Å². The molecule has 1 fully saturated rings. The Balaban J connectivity index is 2.02. The van der Waals surface area contributed by atoms with Gasteiger partial charge in [-0.3, -0.25) is 0 Å². The average molecular weight is 475 g/mol. The lowest BCUT2D eigenvalue weighted by Gasteiger charge is -2.47. The molecule has 0 spiro atoms. The summed E-state index contributed by atoms with van der Waals surface area (Å²) in [6, 6.07) is 8.16. The van der Waals surface area contributed by atoms with Gasteiger partial charge in [-0.2, -0.15) is 13.2 Å². The highest BCUT2D eigenvalue weighted by molar-refractivity contribution is 6.31. The first-order valence-corrected chi connectivity index (χ1v) is 10.4. The second-order valence-corrected chi connectivity index (χ2v) is 8.67.